The minimum absolute atomic E-state index is 0.0913. The molecule has 0 aliphatic heterocycles. The van der Waals surface area contributed by atoms with Crippen molar-refractivity contribution in [3.05, 3.63) is 51.8 Å². The molecule has 1 unspecified atom stereocenters. The van der Waals surface area contributed by atoms with Gasteiger partial charge in [-0.25, -0.2) is 0 Å². The van der Waals surface area contributed by atoms with E-state index >= 15 is 0 Å². The van der Waals surface area contributed by atoms with Gasteiger partial charge in [-0.15, -0.1) is 0 Å². The predicted octanol–water partition coefficient (Wildman–Crippen LogP) is 2.54. The Morgan fingerprint density at radius 1 is 1.42 bits per heavy atom. The number of carbonyl (C=O) groups excluding carboxylic acids is 1. The molecule has 1 aromatic heterocycles. The summed E-state index contributed by atoms with van der Waals surface area (Å²) in [5.74, 6) is -0.0913. The Labute approximate surface area is 121 Å². The van der Waals surface area contributed by atoms with Gasteiger partial charge in [0.15, 0.2) is 5.78 Å². The average molecular weight is 298 g/mol. The van der Waals surface area contributed by atoms with Crippen LogP contribution in [0.15, 0.2) is 30.6 Å². The second-order valence-electron chi connectivity index (χ2n) is 4.32. The molecular weight excluding hydrogens is 285 g/mol. The van der Waals surface area contributed by atoms with Crippen molar-refractivity contribution in [3.8, 4) is 0 Å². The molecule has 0 spiro atoms. The summed E-state index contributed by atoms with van der Waals surface area (Å²) >= 11 is 11.7. The van der Waals surface area contributed by atoms with Crippen molar-refractivity contribution in [3.63, 3.8) is 0 Å². The van der Waals surface area contributed by atoms with E-state index in [-0.39, 0.29) is 12.2 Å². The highest BCUT2D eigenvalue weighted by atomic mass is 35.5. The van der Waals surface area contributed by atoms with E-state index in [4.69, 9.17) is 28.9 Å². The third kappa shape index (κ3) is 3.35. The van der Waals surface area contributed by atoms with Crippen molar-refractivity contribution < 1.29 is 4.79 Å². The molecule has 0 fully saturated rings. The minimum atomic E-state index is -0.678. The number of aromatic nitrogens is 2. The number of nitrogens with zero attached hydrogens (tertiary/aromatic N) is 2. The van der Waals surface area contributed by atoms with Crippen molar-refractivity contribution in [2.45, 2.75) is 12.5 Å². The first-order chi connectivity index (χ1) is 8.97. The zero-order chi connectivity index (χ0) is 14.0. The number of benzene rings is 1. The summed E-state index contributed by atoms with van der Waals surface area (Å²) in [7, 11) is 1.78. The van der Waals surface area contributed by atoms with E-state index < -0.39 is 6.04 Å². The number of ketones is 1. The molecule has 2 N–H and O–H groups in total. The van der Waals surface area contributed by atoms with Gasteiger partial charge in [-0.1, -0.05) is 29.3 Å². The Morgan fingerprint density at radius 2 is 2.16 bits per heavy atom. The maximum Gasteiger partial charge on any atom is 0.158 e. The topological polar surface area (TPSA) is 60.9 Å². The molecular formula is C13H13Cl2N3O. The standard InChI is InChI=1S/C13H13Cl2N3O/c1-18-7-9(6-17-18)13(16)12(19)5-8-2-3-10(14)11(15)4-8/h2-4,6-7,13H,5,16H2,1H3. The van der Waals surface area contributed by atoms with E-state index in [0.717, 1.165) is 5.56 Å². The summed E-state index contributed by atoms with van der Waals surface area (Å²) in [4.78, 5) is 12.1. The monoisotopic (exact) mass is 297 g/mol. The summed E-state index contributed by atoms with van der Waals surface area (Å²) in [6, 6.07) is 4.44. The molecule has 19 heavy (non-hydrogen) atoms. The van der Waals surface area contributed by atoms with Gasteiger partial charge in [0.2, 0.25) is 0 Å². The van der Waals surface area contributed by atoms with E-state index in [0.29, 0.717) is 15.6 Å². The molecule has 0 amide bonds. The molecule has 6 heteroatoms. The Hall–Kier alpha value is -1.36. The first kappa shape index (κ1) is 14.1. The van der Waals surface area contributed by atoms with E-state index in [2.05, 4.69) is 5.10 Å². The lowest BCUT2D eigenvalue weighted by Gasteiger charge is -2.09. The van der Waals surface area contributed by atoms with Gasteiger partial charge in [0.1, 0.15) is 0 Å². The highest BCUT2D eigenvalue weighted by Crippen LogP contribution is 2.23. The van der Waals surface area contributed by atoms with E-state index in [1.54, 1.807) is 42.3 Å². The minimum Gasteiger partial charge on any atom is -0.318 e. The Bertz CT molecular complexity index is 610. The molecule has 2 aromatic rings. The number of hydrogen-bond donors (Lipinski definition) is 1. The van der Waals surface area contributed by atoms with Gasteiger partial charge in [-0.3, -0.25) is 9.48 Å². The zero-order valence-electron chi connectivity index (χ0n) is 10.3. The molecule has 0 aliphatic rings. The predicted molar refractivity (Wildman–Crippen MR) is 75.3 cm³/mol. The quantitative estimate of drug-likeness (QED) is 0.943. The number of rotatable bonds is 4. The molecule has 1 atom stereocenters. The van der Waals surface area contributed by atoms with Crippen LogP contribution in [0.1, 0.15) is 17.2 Å². The van der Waals surface area contributed by atoms with Crippen LogP contribution >= 0.6 is 23.2 Å². The molecule has 0 saturated carbocycles. The average Bonchev–Trinajstić information content (AvgIpc) is 2.79. The van der Waals surface area contributed by atoms with Crippen molar-refractivity contribution in [2.24, 2.45) is 12.8 Å². The Kier molecular flexibility index (Phi) is 4.24. The fourth-order valence-electron chi connectivity index (χ4n) is 1.75. The van der Waals surface area contributed by atoms with Gasteiger partial charge in [0.25, 0.3) is 0 Å². The van der Waals surface area contributed by atoms with Gasteiger partial charge in [-0.2, -0.15) is 5.10 Å². The smallest absolute Gasteiger partial charge is 0.158 e. The zero-order valence-corrected chi connectivity index (χ0v) is 11.8. The molecule has 0 bridgehead atoms. The van der Waals surface area contributed by atoms with Crippen molar-refractivity contribution in [1.29, 1.82) is 0 Å². The van der Waals surface area contributed by atoms with Crippen LogP contribution in [-0.4, -0.2) is 15.6 Å². The Balaban J connectivity index is 2.10. The summed E-state index contributed by atoms with van der Waals surface area (Å²) in [5, 5.41) is 4.90. The van der Waals surface area contributed by atoms with Crippen LogP contribution in [0.4, 0.5) is 0 Å². The van der Waals surface area contributed by atoms with Gasteiger partial charge in [0, 0.05) is 25.2 Å². The summed E-state index contributed by atoms with van der Waals surface area (Å²) in [6.45, 7) is 0. The molecule has 100 valence electrons. The van der Waals surface area contributed by atoms with Crippen molar-refractivity contribution in [2.75, 3.05) is 0 Å². The lowest BCUT2D eigenvalue weighted by Crippen LogP contribution is -2.22. The lowest BCUT2D eigenvalue weighted by molar-refractivity contribution is -0.119. The molecule has 4 nitrogen and oxygen atoms in total. The highest BCUT2D eigenvalue weighted by molar-refractivity contribution is 6.42. The van der Waals surface area contributed by atoms with Gasteiger partial charge < -0.3 is 5.73 Å². The fourth-order valence-corrected chi connectivity index (χ4v) is 2.07. The number of aryl methyl sites for hydroxylation is 1. The van der Waals surface area contributed by atoms with Crippen LogP contribution in [0.25, 0.3) is 0 Å². The van der Waals surface area contributed by atoms with Crippen molar-refractivity contribution in [1.82, 2.24) is 9.78 Å². The fraction of sp³-hybridized carbons (Fsp3) is 0.231. The first-order valence-corrected chi connectivity index (χ1v) is 6.43. The highest BCUT2D eigenvalue weighted by Gasteiger charge is 2.17. The maximum absolute atomic E-state index is 12.1. The summed E-state index contributed by atoms with van der Waals surface area (Å²) < 4.78 is 1.61. The second-order valence-corrected chi connectivity index (χ2v) is 5.13. The first-order valence-electron chi connectivity index (χ1n) is 5.68. The van der Waals surface area contributed by atoms with Crippen LogP contribution in [-0.2, 0) is 18.3 Å². The normalized spacial score (nSPS) is 12.4. The van der Waals surface area contributed by atoms with Crippen LogP contribution < -0.4 is 5.73 Å². The SMILES string of the molecule is Cn1cc(C(N)C(=O)Cc2ccc(Cl)c(Cl)c2)cn1. The van der Waals surface area contributed by atoms with Crippen LogP contribution in [0, 0.1) is 0 Å². The van der Waals surface area contributed by atoms with Gasteiger partial charge in [0.05, 0.1) is 22.3 Å². The van der Waals surface area contributed by atoms with E-state index in [1.165, 1.54) is 0 Å². The summed E-state index contributed by atoms with van der Waals surface area (Å²) in [6.07, 6.45) is 3.54. The lowest BCUT2D eigenvalue weighted by atomic mass is 10.0. The van der Waals surface area contributed by atoms with Gasteiger partial charge in [-0.05, 0) is 17.7 Å². The molecule has 1 aromatic carbocycles. The van der Waals surface area contributed by atoms with E-state index in [1.807, 2.05) is 0 Å². The largest absolute Gasteiger partial charge is 0.318 e. The van der Waals surface area contributed by atoms with Crippen molar-refractivity contribution >= 4 is 29.0 Å². The van der Waals surface area contributed by atoms with Crippen LogP contribution in [0.2, 0.25) is 10.0 Å². The molecule has 0 saturated heterocycles. The number of carbonyl (C=O) groups is 1. The molecule has 2 rings (SSSR count). The molecule has 1 heterocycles. The van der Waals surface area contributed by atoms with Crippen LogP contribution in [0.5, 0.6) is 0 Å². The van der Waals surface area contributed by atoms with E-state index in [9.17, 15) is 4.79 Å². The third-order valence-corrected chi connectivity index (χ3v) is 3.53. The number of halogens is 2. The molecule has 0 radical (unpaired) electrons. The summed E-state index contributed by atoms with van der Waals surface area (Å²) in [5.41, 5.74) is 7.40. The third-order valence-electron chi connectivity index (χ3n) is 2.79. The van der Waals surface area contributed by atoms with Crippen LogP contribution in [0.3, 0.4) is 0 Å². The Morgan fingerprint density at radius 3 is 2.74 bits per heavy atom. The number of hydrogen-bond acceptors (Lipinski definition) is 3. The maximum atomic E-state index is 12.1. The molecule has 0 aliphatic carbocycles. The number of Topliss-reactive ketones (excluding diaryl/α,β-unsaturated/α-hetero) is 1. The second kappa shape index (κ2) is 5.74. The number of nitrogens with two attached hydrogens (primary N) is 1. The van der Waals surface area contributed by atoms with Gasteiger partial charge >= 0.3 is 0 Å².